The minimum absolute atomic E-state index is 0.512. The van der Waals surface area contributed by atoms with Gasteiger partial charge in [-0.25, -0.2) is 0 Å². The Morgan fingerprint density at radius 2 is 1.46 bits per heavy atom. The average molecular weight is 310 g/mol. The van der Waals surface area contributed by atoms with Crippen molar-refractivity contribution < 1.29 is 0 Å². The number of fused-ring (bicyclic) bond motifs is 2. The lowest BCUT2D eigenvalue weighted by atomic mass is 9.55. The largest absolute Gasteiger partial charge is 0.113 e. The van der Waals surface area contributed by atoms with E-state index in [0.717, 1.165) is 28.6 Å². The average Bonchev–Trinajstić information content (AvgIpc) is 2.91. The molecule has 2 aromatic rings. The molecule has 4 saturated carbocycles. The van der Waals surface area contributed by atoms with Crippen LogP contribution >= 0.6 is 0 Å². The molecule has 2 aromatic carbocycles. The molecule has 0 heterocycles. The predicted molar refractivity (Wildman–Crippen MR) is 99.5 cm³/mol. The lowest BCUT2D eigenvalue weighted by Gasteiger charge is -2.49. The maximum absolute atomic E-state index is 5.81. The first-order valence-electron chi connectivity index (χ1n) is 9.63. The predicted octanol–water partition coefficient (Wildman–Crippen LogP) is 4.62. The molecule has 3 bridgehead atoms. The van der Waals surface area contributed by atoms with Gasteiger partial charge in [0.15, 0.2) is 0 Å². The first kappa shape index (κ1) is 13.8. The van der Waals surface area contributed by atoms with E-state index in [2.05, 4.69) is 36.4 Å². The van der Waals surface area contributed by atoms with E-state index in [9.17, 15) is 0 Å². The molecule has 0 aliphatic heterocycles. The molecule has 0 amide bonds. The fourth-order valence-electron chi connectivity index (χ4n) is 7.39. The van der Waals surface area contributed by atoms with Crippen LogP contribution in [-0.2, 0) is 5.41 Å². The molecule has 0 saturated heterocycles. The zero-order valence-electron chi connectivity index (χ0n) is 14.2. The van der Waals surface area contributed by atoms with Crippen molar-refractivity contribution in [2.24, 2.45) is 23.2 Å². The van der Waals surface area contributed by atoms with Gasteiger partial charge in [-0.05, 0) is 83.8 Å². The Kier molecular flexibility index (Phi) is 2.50. The highest BCUT2D eigenvalue weighted by atomic mass is 14.7. The Balaban J connectivity index is 1.36. The summed E-state index contributed by atoms with van der Waals surface area (Å²) >= 11 is 0. The van der Waals surface area contributed by atoms with E-state index in [0.29, 0.717) is 5.41 Å². The maximum Gasteiger partial charge on any atom is 0.113 e. The summed E-state index contributed by atoms with van der Waals surface area (Å²) in [5.74, 6) is 3.16. The van der Waals surface area contributed by atoms with Crippen molar-refractivity contribution in [3.8, 4) is 11.1 Å². The van der Waals surface area contributed by atoms with Crippen LogP contribution in [0.25, 0.3) is 11.1 Å². The van der Waals surface area contributed by atoms with Crippen LogP contribution in [0, 0.1) is 23.2 Å². The second-order valence-electron chi connectivity index (χ2n) is 9.23. The van der Waals surface area contributed by atoms with E-state index >= 15 is 0 Å². The molecular weight excluding hydrogens is 287 g/mol. The quantitative estimate of drug-likeness (QED) is 0.710. The minimum Gasteiger partial charge on any atom is -0.0966 e. The van der Waals surface area contributed by atoms with Gasteiger partial charge in [-0.15, -0.1) is 0 Å². The molecule has 0 N–H and O–H groups in total. The van der Waals surface area contributed by atoms with Gasteiger partial charge in [0.1, 0.15) is 7.85 Å². The summed E-state index contributed by atoms with van der Waals surface area (Å²) in [7, 11) is 5.81. The summed E-state index contributed by atoms with van der Waals surface area (Å²) < 4.78 is 0. The SMILES string of the molecule is [B]c1ccc(-c2ccc(C34CC5CC6CC(C3)C6(C5)C4)cc2)cc1. The maximum atomic E-state index is 5.81. The molecule has 5 unspecified atom stereocenters. The van der Waals surface area contributed by atoms with Crippen molar-refractivity contribution >= 4 is 13.3 Å². The second kappa shape index (κ2) is 4.37. The van der Waals surface area contributed by atoms with Crippen molar-refractivity contribution in [3.05, 3.63) is 54.1 Å². The molecule has 118 valence electrons. The number of hydrogen-bond acceptors (Lipinski definition) is 0. The molecule has 0 aromatic heterocycles. The standard InChI is InChI=1S/C23H23B/c24-21-7-3-17(4-8-21)16-1-5-18(6-2-16)22-11-15-9-19-10-20(13-22)23(19,12-15)14-22/h1-8,15,19-20H,9-14H2. The van der Waals surface area contributed by atoms with Crippen LogP contribution in [0.15, 0.2) is 48.5 Å². The van der Waals surface area contributed by atoms with Crippen molar-refractivity contribution in [3.63, 3.8) is 0 Å². The third-order valence-corrected chi connectivity index (χ3v) is 8.21. The Labute approximate surface area is 146 Å². The smallest absolute Gasteiger partial charge is 0.0966 e. The fourth-order valence-corrected chi connectivity index (χ4v) is 7.39. The van der Waals surface area contributed by atoms with E-state index < -0.39 is 0 Å². The summed E-state index contributed by atoms with van der Waals surface area (Å²) in [6.45, 7) is 0. The van der Waals surface area contributed by atoms with Crippen molar-refractivity contribution in [1.29, 1.82) is 0 Å². The Morgan fingerprint density at radius 1 is 0.750 bits per heavy atom. The van der Waals surface area contributed by atoms with Crippen LogP contribution in [0.5, 0.6) is 0 Å². The van der Waals surface area contributed by atoms with Gasteiger partial charge in [0.25, 0.3) is 0 Å². The van der Waals surface area contributed by atoms with Crippen LogP contribution in [0.4, 0.5) is 0 Å². The van der Waals surface area contributed by atoms with Crippen molar-refractivity contribution in [2.45, 2.75) is 43.9 Å². The van der Waals surface area contributed by atoms with E-state index in [-0.39, 0.29) is 0 Å². The first-order chi connectivity index (χ1) is 11.7. The third-order valence-electron chi connectivity index (χ3n) is 8.21. The highest BCUT2D eigenvalue weighted by Gasteiger charge is 2.70. The van der Waals surface area contributed by atoms with Gasteiger partial charge in [-0.2, -0.15) is 0 Å². The Hall–Kier alpha value is -1.50. The van der Waals surface area contributed by atoms with E-state index in [4.69, 9.17) is 7.85 Å². The number of benzene rings is 2. The van der Waals surface area contributed by atoms with Crippen LogP contribution in [0.2, 0.25) is 0 Å². The molecule has 0 nitrogen and oxygen atoms in total. The minimum atomic E-state index is 0.512. The highest BCUT2D eigenvalue weighted by molar-refractivity contribution is 6.32. The lowest BCUT2D eigenvalue weighted by molar-refractivity contribution is -0.000160. The van der Waals surface area contributed by atoms with Gasteiger partial charge in [0, 0.05) is 0 Å². The molecule has 1 heteroatoms. The van der Waals surface area contributed by atoms with E-state index in [1.807, 2.05) is 12.1 Å². The topological polar surface area (TPSA) is 0 Å². The second-order valence-corrected chi connectivity index (χ2v) is 9.23. The van der Waals surface area contributed by atoms with Crippen LogP contribution in [0.1, 0.15) is 44.1 Å². The van der Waals surface area contributed by atoms with Crippen molar-refractivity contribution in [1.82, 2.24) is 0 Å². The molecule has 6 rings (SSSR count). The van der Waals surface area contributed by atoms with Gasteiger partial charge < -0.3 is 0 Å². The fraction of sp³-hybridized carbons (Fsp3) is 0.478. The van der Waals surface area contributed by atoms with Gasteiger partial charge in [-0.1, -0.05) is 54.0 Å². The Bertz CT molecular complexity index is 801. The van der Waals surface area contributed by atoms with Gasteiger partial charge in [0.2, 0.25) is 0 Å². The summed E-state index contributed by atoms with van der Waals surface area (Å²) in [6, 6.07) is 17.8. The number of hydrogen-bond donors (Lipinski definition) is 0. The summed E-state index contributed by atoms with van der Waals surface area (Å²) in [5, 5.41) is 0. The molecule has 4 aliphatic carbocycles. The van der Waals surface area contributed by atoms with Crippen LogP contribution in [0.3, 0.4) is 0 Å². The molecule has 1 spiro atoms. The summed E-state index contributed by atoms with van der Waals surface area (Å²) in [6.07, 6.45) is 9.08. The molecule has 2 radical (unpaired) electrons. The van der Waals surface area contributed by atoms with Gasteiger partial charge in [0.05, 0.1) is 0 Å². The number of rotatable bonds is 2. The van der Waals surface area contributed by atoms with Gasteiger partial charge >= 0.3 is 0 Å². The first-order valence-corrected chi connectivity index (χ1v) is 9.63. The van der Waals surface area contributed by atoms with E-state index in [1.54, 1.807) is 24.8 Å². The monoisotopic (exact) mass is 310 g/mol. The summed E-state index contributed by atoms with van der Waals surface area (Å²) in [4.78, 5) is 0. The third kappa shape index (κ3) is 1.61. The van der Waals surface area contributed by atoms with Crippen molar-refractivity contribution in [2.75, 3.05) is 0 Å². The molecular formula is C23H23B. The zero-order chi connectivity index (χ0) is 15.9. The summed E-state index contributed by atoms with van der Waals surface area (Å²) in [5.41, 5.74) is 6.33. The zero-order valence-corrected chi connectivity index (χ0v) is 14.2. The van der Waals surface area contributed by atoms with Crippen LogP contribution in [-0.4, -0.2) is 7.85 Å². The van der Waals surface area contributed by atoms with Gasteiger partial charge in [-0.3, -0.25) is 0 Å². The molecule has 5 atom stereocenters. The molecule has 24 heavy (non-hydrogen) atoms. The molecule has 4 aliphatic rings. The molecule has 4 fully saturated rings. The normalized spacial score (nSPS) is 41.2. The highest BCUT2D eigenvalue weighted by Crippen LogP contribution is 2.78. The van der Waals surface area contributed by atoms with Crippen LogP contribution < -0.4 is 5.46 Å². The van der Waals surface area contributed by atoms with E-state index in [1.165, 1.54) is 30.4 Å². The lowest BCUT2D eigenvalue weighted by Crippen LogP contribution is -2.42. The Morgan fingerprint density at radius 3 is 2.21 bits per heavy atom.